The molecule has 0 radical (unpaired) electrons. The Morgan fingerprint density at radius 3 is 2.81 bits per heavy atom. The third-order valence-electron chi connectivity index (χ3n) is 3.65. The largest absolute Gasteiger partial charge is 0.310 e. The lowest BCUT2D eigenvalue weighted by Crippen LogP contribution is -2.21. The molecule has 0 saturated carbocycles. The molecule has 2 aromatic rings. The third-order valence-corrected chi connectivity index (χ3v) is 4.00. The van der Waals surface area contributed by atoms with Crippen molar-refractivity contribution < 1.29 is 0 Å². The number of nitrogens with zero attached hydrogens (tertiary/aromatic N) is 2. The highest BCUT2D eigenvalue weighted by Crippen LogP contribution is 2.20. The van der Waals surface area contributed by atoms with Crippen LogP contribution in [0.5, 0.6) is 0 Å². The lowest BCUT2D eigenvalue weighted by atomic mass is 10.1. The van der Waals surface area contributed by atoms with E-state index in [1.54, 1.807) is 0 Å². The van der Waals surface area contributed by atoms with Crippen LogP contribution in [-0.4, -0.2) is 16.3 Å². The van der Waals surface area contributed by atoms with Gasteiger partial charge in [0.15, 0.2) is 0 Å². The van der Waals surface area contributed by atoms with Crippen LogP contribution >= 0.6 is 11.6 Å². The van der Waals surface area contributed by atoms with E-state index in [9.17, 15) is 0 Å². The molecule has 1 aromatic heterocycles. The van der Waals surface area contributed by atoms with E-state index in [1.807, 2.05) is 23.9 Å². The molecular formula is C17H24ClN3. The van der Waals surface area contributed by atoms with Gasteiger partial charge in [0.25, 0.3) is 0 Å². The molecule has 0 aliphatic carbocycles. The van der Waals surface area contributed by atoms with Gasteiger partial charge in [0.1, 0.15) is 0 Å². The molecule has 1 aromatic carbocycles. The van der Waals surface area contributed by atoms with Gasteiger partial charge in [0.2, 0.25) is 0 Å². The highest BCUT2D eigenvalue weighted by molar-refractivity contribution is 6.31. The van der Waals surface area contributed by atoms with Crippen molar-refractivity contribution in [2.75, 3.05) is 6.54 Å². The van der Waals surface area contributed by atoms with E-state index < -0.39 is 0 Å². The Bertz CT molecular complexity index is 577. The second-order valence-electron chi connectivity index (χ2n) is 5.48. The number of nitrogens with one attached hydrogen (secondary N) is 1. The Morgan fingerprint density at radius 2 is 2.14 bits per heavy atom. The first-order chi connectivity index (χ1) is 10.1. The Kier molecular flexibility index (Phi) is 5.83. The molecule has 0 bridgehead atoms. The molecule has 1 heterocycles. The average Bonchev–Trinajstić information content (AvgIpc) is 2.91. The van der Waals surface area contributed by atoms with E-state index in [0.29, 0.717) is 12.6 Å². The fraction of sp³-hybridized carbons (Fsp3) is 0.471. The maximum atomic E-state index is 6.29. The van der Waals surface area contributed by atoms with Crippen molar-refractivity contribution in [2.24, 2.45) is 0 Å². The summed E-state index contributed by atoms with van der Waals surface area (Å²) in [5, 5.41) is 8.83. The summed E-state index contributed by atoms with van der Waals surface area (Å²) in [6.45, 7) is 8.17. The standard InChI is InChI=1S/C17H24ClN3/c1-4-8-19-17(5-2)15-10-20-21(12-15)11-14-7-6-13(3)9-16(14)18/h6-7,9-10,12,17,19H,4-5,8,11H2,1-3H3. The number of hydrogen-bond acceptors (Lipinski definition) is 2. The van der Waals surface area contributed by atoms with E-state index in [0.717, 1.165) is 30.0 Å². The molecule has 2 rings (SSSR count). The maximum Gasteiger partial charge on any atom is 0.0674 e. The van der Waals surface area contributed by atoms with E-state index in [-0.39, 0.29) is 0 Å². The molecule has 0 saturated heterocycles. The Balaban J connectivity index is 2.08. The van der Waals surface area contributed by atoms with Crippen molar-refractivity contribution in [3.8, 4) is 0 Å². The minimum atomic E-state index is 0.382. The second-order valence-corrected chi connectivity index (χ2v) is 5.89. The highest BCUT2D eigenvalue weighted by Gasteiger charge is 2.11. The van der Waals surface area contributed by atoms with Gasteiger partial charge in [-0.2, -0.15) is 5.10 Å². The van der Waals surface area contributed by atoms with Crippen molar-refractivity contribution in [1.82, 2.24) is 15.1 Å². The van der Waals surface area contributed by atoms with Crippen LogP contribution in [0.3, 0.4) is 0 Å². The van der Waals surface area contributed by atoms with Gasteiger partial charge < -0.3 is 5.32 Å². The van der Waals surface area contributed by atoms with Crippen molar-refractivity contribution in [3.05, 3.63) is 52.3 Å². The molecule has 0 amide bonds. The number of benzene rings is 1. The zero-order chi connectivity index (χ0) is 15.2. The number of aryl methyl sites for hydroxylation is 1. The summed E-state index contributed by atoms with van der Waals surface area (Å²) in [7, 11) is 0. The normalized spacial score (nSPS) is 12.6. The fourth-order valence-electron chi connectivity index (χ4n) is 2.42. The average molecular weight is 306 g/mol. The summed E-state index contributed by atoms with van der Waals surface area (Å²) in [5.74, 6) is 0. The molecule has 1 unspecified atom stereocenters. The molecular weight excluding hydrogens is 282 g/mol. The Labute approximate surface area is 132 Å². The predicted molar refractivity (Wildman–Crippen MR) is 88.8 cm³/mol. The molecule has 21 heavy (non-hydrogen) atoms. The molecule has 0 fully saturated rings. The van der Waals surface area contributed by atoms with Crippen molar-refractivity contribution in [2.45, 2.75) is 46.2 Å². The van der Waals surface area contributed by atoms with Crippen LogP contribution in [0.2, 0.25) is 5.02 Å². The number of rotatable bonds is 7. The summed E-state index contributed by atoms with van der Waals surface area (Å²) in [6, 6.07) is 6.54. The van der Waals surface area contributed by atoms with Crippen molar-refractivity contribution in [1.29, 1.82) is 0 Å². The van der Waals surface area contributed by atoms with Crippen LogP contribution in [0.1, 0.15) is 49.4 Å². The van der Waals surface area contributed by atoms with Gasteiger partial charge in [0, 0.05) is 22.8 Å². The van der Waals surface area contributed by atoms with Crippen LogP contribution in [0.25, 0.3) is 0 Å². The van der Waals surface area contributed by atoms with Crippen LogP contribution in [0.15, 0.2) is 30.6 Å². The molecule has 1 atom stereocenters. The maximum absolute atomic E-state index is 6.29. The number of halogens is 1. The van der Waals surface area contributed by atoms with Crippen LogP contribution in [0.4, 0.5) is 0 Å². The molecule has 3 nitrogen and oxygen atoms in total. The van der Waals surface area contributed by atoms with Crippen LogP contribution < -0.4 is 5.32 Å². The van der Waals surface area contributed by atoms with E-state index in [2.05, 4.69) is 42.6 Å². The summed E-state index contributed by atoms with van der Waals surface area (Å²) < 4.78 is 1.96. The summed E-state index contributed by atoms with van der Waals surface area (Å²) >= 11 is 6.29. The number of hydrogen-bond donors (Lipinski definition) is 1. The summed E-state index contributed by atoms with van der Waals surface area (Å²) in [6.07, 6.45) is 6.28. The second kappa shape index (κ2) is 7.62. The monoisotopic (exact) mass is 305 g/mol. The SMILES string of the molecule is CCCNC(CC)c1cnn(Cc2ccc(C)cc2Cl)c1. The molecule has 4 heteroatoms. The Morgan fingerprint density at radius 1 is 1.33 bits per heavy atom. The highest BCUT2D eigenvalue weighted by atomic mass is 35.5. The first-order valence-electron chi connectivity index (χ1n) is 7.64. The molecule has 0 aliphatic heterocycles. The topological polar surface area (TPSA) is 29.9 Å². The summed E-state index contributed by atoms with van der Waals surface area (Å²) in [4.78, 5) is 0. The zero-order valence-corrected chi connectivity index (χ0v) is 13.8. The lowest BCUT2D eigenvalue weighted by molar-refractivity contribution is 0.517. The quantitative estimate of drug-likeness (QED) is 0.824. The van der Waals surface area contributed by atoms with Gasteiger partial charge in [-0.3, -0.25) is 4.68 Å². The molecule has 0 aliphatic rings. The van der Waals surface area contributed by atoms with Gasteiger partial charge in [-0.05, 0) is 43.5 Å². The minimum Gasteiger partial charge on any atom is -0.310 e. The van der Waals surface area contributed by atoms with Gasteiger partial charge in [-0.1, -0.05) is 37.6 Å². The smallest absolute Gasteiger partial charge is 0.0674 e. The fourth-order valence-corrected chi connectivity index (χ4v) is 2.71. The first-order valence-corrected chi connectivity index (χ1v) is 8.02. The third kappa shape index (κ3) is 4.32. The zero-order valence-electron chi connectivity index (χ0n) is 13.1. The summed E-state index contributed by atoms with van der Waals surface area (Å²) in [5.41, 5.74) is 3.53. The van der Waals surface area contributed by atoms with E-state index in [1.165, 1.54) is 11.1 Å². The number of aromatic nitrogens is 2. The van der Waals surface area contributed by atoms with Crippen molar-refractivity contribution in [3.63, 3.8) is 0 Å². The van der Waals surface area contributed by atoms with Crippen molar-refractivity contribution >= 4 is 11.6 Å². The van der Waals surface area contributed by atoms with E-state index in [4.69, 9.17) is 11.6 Å². The van der Waals surface area contributed by atoms with Crippen LogP contribution in [-0.2, 0) is 6.54 Å². The van der Waals surface area contributed by atoms with E-state index >= 15 is 0 Å². The molecule has 114 valence electrons. The van der Waals surface area contributed by atoms with Gasteiger partial charge in [-0.15, -0.1) is 0 Å². The Hall–Kier alpha value is -1.32. The van der Waals surface area contributed by atoms with Gasteiger partial charge >= 0.3 is 0 Å². The molecule has 0 spiro atoms. The first kappa shape index (κ1) is 16.1. The van der Waals surface area contributed by atoms with Gasteiger partial charge in [0.05, 0.1) is 12.7 Å². The van der Waals surface area contributed by atoms with Gasteiger partial charge in [-0.25, -0.2) is 0 Å². The molecule has 1 N–H and O–H groups in total. The minimum absolute atomic E-state index is 0.382. The lowest BCUT2D eigenvalue weighted by Gasteiger charge is -2.14. The predicted octanol–water partition coefficient (Wildman–Crippen LogP) is 4.34. The van der Waals surface area contributed by atoms with Crippen LogP contribution in [0, 0.1) is 6.92 Å².